The lowest BCUT2D eigenvalue weighted by Gasteiger charge is -2.35. The number of hydrogen-bond donors (Lipinski definition) is 2. The van der Waals surface area contributed by atoms with E-state index in [2.05, 4.69) is 0 Å². The van der Waals surface area contributed by atoms with Crippen molar-refractivity contribution in [2.24, 2.45) is 0 Å². The van der Waals surface area contributed by atoms with Gasteiger partial charge in [-0.1, -0.05) is 31.5 Å². The molecular formula is C14H16ClF3O4. The summed E-state index contributed by atoms with van der Waals surface area (Å²) < 4.78 is 43.8. The first-order chi connectivity index (χ1) is 9.85. The average molecular weight is 341 g/mol. The second-order valence-electron chi connectivity index (χ2n) is 5.57. The average Bonchev–Trinajstić information content (AvgIpc) is 2.35. The van der Waals surface area contributed by atoms with Crippen LogP contribution in [-0.4, -0.2) is 35.1 Å². The molecule has 4 nitrogen and oxygen atoms in total. The quantitative estimate of drug-likeness (QED) is 0.862. The summed E-state index contributed by atoms with van der Waals surface area (Å²) in [6.07, 6.45) is -6.39. The Balaban J connectivity index is 3.27. The number of benzene rings is 1. The number of carboxylic acid groups (broad SMARTS) is 1. The molecule has 0 bridgehead atoms. The molecule has 1 unspecified atom stereocenters. The van der Waals surface area contributed by atoms with E-state index in [-0.39, 0.29) is 10.6 Å². The predicted molar refractivity (Wildman–Crippen MR) is 74.3 cm³/mol. The Morgan fingerprint density at radius 1 is 1.32 bits per heavy atom. The Kier molecular flexibility index (Phi) is 5.04. The molecular weight excluding hydrogens is 325 g/mol. The molecule has 1 atom stereocenters. The molecule has 22 heavy (non-hydrogen) atoms. The van der Waals surface area contributed by atoms with Crippen LogP contribution in [0.2, 0.25) is 5.02 Å². The van der Waals surface area contributed by atoms with E-state index in [0.29, 0.717) is 5.75 Å². The minimum atomic E-state index is -5.31. The number of ether oxygens (including phenoxy) is 1. The molecule has 0 saturated heterocycles. The van der Waals surface area contributed by atoms with Crippen molar-refractivity contribution in [1.82, 2.24) is 0 Å². The number of halogens is 4. The lowest BCUT2D eigenvalue weighted by Crippen LogP contribution is -2.55. The van der Waals surface area contributed by atoms with E-state index >= 15 is 0 Å². The number of rotatable bonds is 5. The molecule has 8 heteroatoms. The molecule has 0 spiro atoms. The van der Waals surface area contributed by atoms with Crippen LogP contribution in [-0.2, 0) is 10.2 Å². The van der Waals surface area contributed by atoms with E-state index in [1.807, 2.05) is 0 Å². The highest BCUT2D eigenvalue weighted by molar-refractivity contribution is 6.31. The van der Waals surface area contributed by atoms with E-state index in [0.717, 1.165) is 0 Å². The van der Waals surface area contributed by atoms with Crippen LogP contribution in [0.15, 0.2) is 18.2 Å². The second kappa shape index (κ2) is 5.96. The van der Waals surface area contributed by atoms with Crippen LogP contribution in [0.4, 0.5) is 13.2 Å². The lowest BCUT2D eigenvalue weighted by atomic mass is 9.75. The minimum absolute atomic E-state index is 0.124. The summed E-state index contributed by atoms with van der Waals surface area (Å²) in [7, 11) is 1.41. The monoisotopic (exact) mass is 340 g/mol. The van der Waals surface area contributed by atoms with Gasteiger partial charge in [0.25, 0.3) is 5.60 Å². The fraction of sp³-hybridized carbons (Fsp3) is 0.500. The maximum Gasteiger partial charge on any atom is 0.428 e. The molecule has 1 aromatic carbocycles. The van der Waals surface area contributed by atoms with Crippen molar-refractivity contribution in [3.8, 4) is 5.75 Å². The van der Waals surface area contributed by atoms with Gasteiger partial charge < -0.3 is 14.9 Å². The summed E-state index contributed by atoms with van der Waals surface area (Å²) in [5.41, 5.74) is -4.93. The number of aliphatic carboxylic acids is 1. The first kappa shape index (κ1) is 18.6. The normalized spacial score (nSPS) is 15.3. The van der Waals surface area contributed by atoms with Gasteiger partial charge in [0.15, 0.2) is 0 Å². The third-order valence-electron chi connectivity index (χ3n) is 3.43. The fourth-order valence-electron chi connectivity index (χ4n) is 2.20. The summed E-state index contributed by atoms with van der Waals surface area (Å²) in [6, 6.07) is 4.35. The molecule has 0 heterocycles. The Morgan fingerprint density at radius 2 is 1.86 bits per heavy atom. The second-order valence-corrected chi connectivity index (χ2v) is 5.98. The highest BCUT2D eigenvalue weighted by Crippen LogP contribution is 2.43. The topological polar surface area (TPSA) is 66.8 Å². The molecule has 124 valence electrons. The molecule has 2 N–H and O–H groups in total. The van der Waals surface area contributed by atoms with Crippen LogP contribution < -0.4 is 4.74 Å². The Labute approximate surface area is 130 Å². The Morgan fingerprint density at radius 3 is 2.23 bits per heavy atom. The van der Waals surface area contributed by atoms with Crippen LogP contribution in [0.5, 0.6) is 5.75 Å². The van der Waals surface area contributed by atoms with Crippen molar-refractivity contribution in [2.45, 2.75) is 37.5 Å². The highest BCUT2D eigenvalue weighted by atomic mass is 35.5. The van der Waals surface area contributed by atoms with Gasteiger partial charge >= 0.3 is 12.1 Å². The van der Waals surface area contributed by atoms with Crippen LogP contribution in [0.1, 0.15) is 25.8 Å². The minimum Gasteiger partial charge on any atom is -0.497 e. The van der Waals surface area contributed by atoms with Gasteiger partial charge in [0.1, 0.15) is 5.75 Å². The number of hydrogen-bond acceptors (Lipinski definition) is 3. The van der Waals surface area contributed by atoms with Gasteiger partial charge in [-0.05, 0) is 23.1 Å². The van der Waals surface area contributed by atoms with Crippen molar-refractivity contribution in [1.29, 1.82) is 0 Å². The number of carbonyl (C=O) groups is 1. The number of alkyl halides is 3. The van der Waals surface area contributed by atoms with Crippen molar-refractivity contribution >= 4 is 17.6 Å². The molecule has 0 aliphatic heterocycles. The molecule has 0 saturated carbocycles. The first-order valence-electron chi connectivity index (χ1n) is 6.21. The zero-order chi connectivity index (χ0) is 17.3. The molecule has 0 fully saturated rings. The van der Waals surface area contributed by atoms with Gasteiger partial charge in [-0.25, -0.2) is 4.79 Å². The largest absolute Gasteiger partial charge is 0.497 e. The van der Waals surface area contributed by atoms with Gasteiger partial charge in [0.05, 0.1) is 7.11 Å². The molecule has 0 amide bonds. The van der Waals surface area contributed by atoms with Crippen LogP contribution in [0, 0.1) is 0 Å². The predicted octanol–water partition coefficient (Wildman–Crippen LogP) is 3.39. The van der Waals surface area contributed by atoms with Gasteiger partial charge in [-0.15, -0.1) is 0 Å². The Bertz CT molecular complexity index is 572. The van der Waals surface area contributed by atoms with E-state index in [4.69, 9.17) is 21.4 Å². The summed E-state index contributed by atoms with van der Waals surface area (Å²) >= 11 is 6.03. The van der Waals surface area contributed by atoms with Crippen molar-refractivity contribution < 1.29 is 32.9 Å². The molecule has 1 rings (SSSR count). The van der Waals surface area contributed by atoms with E-state index in [1.54, 1.807) is 0 Å². The van der Waals surface area contributed by atoms with Gasteiger partial charge in [0.2, 0.25) is 0 Å². The molecule has 0 aromatic heterocycles. The number of aliphatic hydroxyl groups is 1. The van der Waals surface area contributed by atoms with Gasteiger partial charge in [-0.2, -0.15) is 13.2 Å². The maximum atomic E-state index is 12.9. The Hall–Kier alpha value is -1.47. The zero-order valence-corrected chi connectivity index (χ0v) is 12.9. The summed E-state index contributed by atoms with van der Waals surface area (Å²) in [5.74, 6) is -1.94. The molecule has 0 radical (unpaired) electrons. The maximum absolute atomic E-state index is 12.9. The van der Waals surface area contributed by atoms with Crippen LogP contribution >= 0.6 is 11.6 Å². The summed E-state index contributed by atoms with van der Waals surface area (Å²) in [4.78, 5) is 10.9. The third-order valence-corrected chi connectivity index (χ3v) is 3.74. The first-order valence-corrected chi connectivity index (χ1v) is 6.59. The van der Waals surface area contributed by atoms with Crippen LogP contribution in [0.25, 0.3) is 0 Å². The molecule has 0 aliphatic carbocycles. The molecule has 1 aromatic rings. The van der Waals surface area contributed by atoms with Crippen molar-refractivity contribution in [3.05, 3.63) is 28.8 Å². The van der Waals surface area contributed by atoms with Crippen molar-refractivity contribution in [3.63, 3.8) is 0 Å². The number of carboxylic acids is 1. The van der Waals surface area contributed by atoms with Crippen molar-refractivity contribution in [2.75, 3.05) is 7.11 Å². The summed E-state index contributed by atoms with van der Waals surface area (Å²) in [5, 5.41) is 18.6. The van der Waals surface area contributed by atoms with E-state index < -0.39 is 29.6 Å². The third kappa shape index (κ3) is 3.47. The number of methoxy groups -OCH3 is 1. The SMILES string of the molecule is COc1ccc(C(C)(C)CC(O)(C(=O)O)C(F)(F)F)c(Cl)c1. The van der Waals surface area contributed by atoms with Gasteiger partial charge in [-0.3, -0.25) is 0 Å². The van der Waals surface area contributed by atoms with Crippen LogP contribution in [0.3, 0.4) is 0 Å². The summed E-state index contributed by atoms with van der Waals surface area (Å²) in [6.45, 7) is 2.75. The standard InChI is InChI=1S/C14H16ClF3O4/c1-12(2,7-13(21,11(19)20)14(16,17)18)9-5-4-8(22-3)6-10(9)15/h4-6,21H,7H2,1-3H3,(H,19,20). The smallest absolute Gasteiger partial charge is 0.428 e. The van der Waals surface area contributed by atoms with E-state index in [1.165, 1.54) is 39.2 Å². The fourth-order valence-corrected chi connectivity index (χ4v) is 2.63. The van der Waals surface area contributed by atoms with Gasteiger partial charge in [0, 0.05) is 11.4 Å². The zero-order valence-electron chi connectivity index (χ0n) is 12.2. The highest BCUT2D eigenvalue weighted by Gasteiger charge is 2.61. The molecule has 0 aliphatic rings. The lowest BCUT2D eigenvalue weighted by molar-refractivity contribution is -0.265. The van der Waals surface area contributed by atoms with E-state index in [9.17, 15) is 23.1 Å².